The maximum Gasteiger partial charge on any atom is 0.270 e. The molecule has 27 heavy (non-hydrogen) atoms. The molecule has 0 aliphatic heterocycles. The molecule has 2 heterocycles. The van der Waals surface area contributed by atoms with Crippen LogP contribution in [0.3, 0.4) is 0 Å². The van der Waals surface area contributed by atoms with Crippen molar-refractivity contribution in [1.29, 1.82) is 0 Å². The van der Waals surface area contributed by atoms with E-state index in [2.05, 4.69) is 10.3 Å². The number of nitrogens with zero attached hydrogens (tertiary/aromatic N) is 2. The molecule has 1 unspecified atom stereocenters. The lowest BCUT2D eigenvalue weighted by Gasteiger charge is -2.32. The Balaban J connectivity index is 1.83. The zero-order valence-corrected chi connectivity index (χ0v) is 15.7. The van der Waals surface area contributed by atoms with Crippen LogP contribution in [0.15, 0.2) is 42.6 Å². The number of aromatic nitrogens is 2. The number of nitrogens with one attached hydrogen (secondary N) is 1. The van der Waals surface area contributed by atoms with E-state index < -0.39 is 23.4 Å². The molecule has 1 atom stereocenters. The Kier molecular flexibility index (Phi) is 4.89. The number of halogens is 1. The van der Waals surface area contributed by atoms with E-state index in [0.717, 1.165) is 5.39 Å². The maximum atomic E-state index is 13.6. The highest BCUT2D eigenvalue weighted by molar-refractivity contribution is 5.95. The summed E-state index contributed by atoms with van der Waals surface area (Å²) in [6.45, 7) is 3.37. The molecule has 0 aliphatic carbocycles. The topological polar surface area (TPSA) is 76.4 Å². The minimum absolute atomic E-state index is 0.0319. The zero-order valence-electron chi connectivity index (χ0n) is 15.7. The van der Waals surface area contributed by atoms with Crippen LogP contribution in [0.25, 0.3) is 11.0 Å². The molecule has 6 nitrogen and oxygen atoms in total. The van der Waals surface area contributed by atoms with Crippen molar-refractivity contribution >= 4 is 16.9 Å². The fraction of sp³-hybridized carbons (Fsp3) is 0.300. The average molecular weight is 371 g/mol. The van der Waals surface area contributed by atoms with Gasteiger partial charge >= 0.3 is 0 Å². The summed E-state index contributed by atoms with van der Waals surface area (Å²) in [4.78, 5) is 17.1. The van der Waals surface area contributed by atoms with E-state index in [4.69, 9.17) is 4.74 Å². The van der Waals surface area contributed by atoms with Crippen molar-refractivity contribution in [1.82, 2.24) is 14.9 Å². The van der Waals surface area contributed by atoms with Gasteiger partial charge in [-0.25, -0.2) is 9.37 Å². The van der Waals surface area contributed by atoms with Crippen molar-refractivity contribution in [2.75, 3.05) is 7.11 Å². The molecule has 1 amide bonds. The van der Waals surface area contributed by atoms with E-state index in [1.807, 2.05) is 29.9 Å². The predicted molar refractivity (Wildman–Crippen MR) is 100 cm³/mol. The van der Waals surface area contributed by atoms with E-state index in [1.54, 1.807) is 19.9 Å². The van der Waals surface area contributed by atoms with Crippen molar-refractivity contribution in [3.8, 4) is 5.75 Å². The van der Waals surface area contributed by atoms with E-state index in [0.29, 0.717) is 11.2 Å². The van der Waals surface area contributed by atoms with Gasteiger partial charge < -0.3 is 19.7 Å². The van der Waals surface area contributed by atoms with Crippen molar-refractivity contribution in [3.63, 3.8) is 0 Å². The van der Waals surface area contributed by atoms with Gasteiger partial charge in [0.15, 0.2) is 11.6 Å². The predicted octanol–water partition coefficient (Wildman–Crippen LogP) is 2.96. The molecule has 0 saturated carbocycles. The maximum absolute atomic E-state index is 13.6. The number of pyridine rings is 1. The molecule has 2 aromatic heterocycles. The van der Waals surface area contributed by atoms with Crippen molar-refractivity contribution < 1.29 is 19.0 Å². The van der Waals surface area contributed by atoms with Gasteiger partial charge in [-0.15, -0.1) is 0 Å². The lowest BCUT2D eigenvalue weighted by molar-refractivity contribution is 0.0630. The highest BCUT2D eigenvalue weighted by Gasteiger charge is 2.32. The largest absolute Gasteiger partial charge is 0.494 e. The number of methoxy groups -OCH3 is 1. The van der Waals surface area contributed by atoms with Gasteiger partial charge in [-0.05, 0) is 49.7 Å². The van der Waals surface area contributed by atoms with Crippen LogP contribution >= 0.6 is 0 Å². The molecule has 3 aromatic rings. The standard InChI is InChI=1S/C20H22FN3O3/c1-20(2,17(25)13-5-7-14(21)16(11-13)27-4)23-19(26)15-8-6-12-9-10-24(3)18(12)22-15/h5-11,17,25H,1-4H3,(H,23,26). The van der Waals surface area contributed by atoms with E-state index in [9.17, 15) is 14.3 Å². The first-order valence-corrected chi connectivity index (χ1v) is 8.49. The first-order valence-electron chi connectivity index (χ1n) is 8.49. The van der Waals surface area contributed by atoms with Crippen LogP contribution in [0.1, 0.15) is 36.0 Å². The summed E-state index contributed by atoms with van der Waals surface area (Å²) in [5, 5.41) is 14.5. The highest BCUT2D eigenvalue weighted by atomic mass is 19.1. The molecule has 1 aromatic carbocycles. The lowest BCUT2D eigenvalue weighted by atomic mass is 9.91. The minimum atomic E-state index is -1.07. The molecule has 0 spiro atoms. The van der Waals surface area contributed by atoms with Gasteiger partial charge in [-0.2, -0.15) is 0 Å². The molecule has 0 saturated heterocycles. The van der Waals surface area contributed by atoms with Crippen LogP contribution in [0, 0.1) is 5.82 Å². The van der Waals surface area contributed by atoms with Gasteiger partial charge in [0.1, 0.15) is 17.4 Å². The minimum Gasteiger partial charge on any atom is -0.494 e. The summed E-state index contributed by atoms with van der Waals surface area (Å²) in [5.41, 5.74) is 0.361. The number of rotatable bonds is 5. The molecule has 0 fully saturated rings. The molecular weight excluding hydrogens is 349 g/mol. The zero-order chi connectivity index (χ0) is 19.8. The monoisotopic (exact) mass is 371 g/mol. The third-order valence-corrected chi connectivity index (χ3v) is 4.56. The Bertz CT molecular complexity index is 997. The summed E-state index contributed by atoms with van der Waals surface area (Å²) in [6, 6.07) is 9.49. The van der Waals surface area contributed by atoms with Crippen LogP contribution in [0.2, 0.25) is 0 Å². The summed E-state index contributed by atoms with van der Waals surface area (Å²) < 4.78 is 20.4. The first kappa shape index (κ1) is 18.8. The number of benzene rings is 1. The van der Waals surface area contributed by atoms with Crippen LogP contribution in [-0.2, 0) is 7.05 Å². The van der Waals surface area contributed by atoms with E-state index in [-0.39, 0.29) is 11.4 Å². The number of amides is 1. The number of fused-ring (bicyclic) bond motifs is 1. The van der Waals surface area contributed by atoms with Gasteiger partial charge in [-0.3, -0.25) is 4.79 Å². The number of carbonyl (C=O) groups is 1. The summed E-state index contributed by atoms with van der Waals surface area (Å²) in [7, 11) is 3.21. The second-order valence-electron chi connectivity index (χ2n) is 7.01. The van der Waals surface area contributed by atoms with E-state index in [1.165, 1.54) is 25.3 Å². The Morgan fingerprint density at radius 3 is 2.74 bits per heavy atom. The Hall–Kier alpha value is -2.93. The highest BCUT2D eigenvalue weighted by Crippen LogP contribution is 2.29. The molecule has 2 N–H and O–H groups in total. The van der Waals surface area contributed by atoms with Crippen molar-refractivity contribution in [3.05, 3.63) is 59.7 Å². The molecule has 0 bridgehead atoms. The Morgan fingerprint density at radius 1 is 1.30 bits per heavy atom. The number of aliphatic hydroxyl groups excluding tert-OH is 1. The molecule has 0 radical (unpaired) electrons. The number of hydrogen-bond donors (Lipinski definition) is 2. The average Bonchev–Trinajstić information content (AvgIpc) is 3.01. The van der Waals surface area contributed by atoms with Crippen LogP contribution in [0.4, 0.5) is 4.39 Å². The number of carbonyl (C=O) groups excluding carboxylic acids is 1. The Morgan fingerprint density at radius 2 is 2.04 bits per heavy atom. The number of ether oxygens (including phenoxy) is 1. The van der Waals surface area contributed by atoms with Crippen molar-refractivity contribution in [2.45, 2.75) is 25.5 Å². The fourth-order valence-electron chi connectivity index (χ4n) is 2.95. The SMILES string of the molecule is COc1cc(C(O)C(C)(C)NC(=O)c2ccc3ccn(C)c3n2)ccc1F. The molecule has 142 valence electrons. The van der Waals surface area contributed by atoms with Crippen molar-refractivity contribution in [2.24, 2.45) is 7.05 Å². The Labute approximate surface area is 156 Å². The smallest absolute Gasteiger partial charge is 0.270 e. The van der Waals surface area contributed by atoms with Gasteiger partial charge in [-0.1, -0.05) is 6.07 Å². The third kappa shape index (κ3) is 3.64. The second kappa shape index (κ2) is 7.00. The normalized spacial score (nSPS) is 12.8. The van der Waals surface area contributed by atoms with Crippen LogP contribution < -0.4 is 10.1 Å². The van der Waals surface area contributed by atoms with Gasteiger partial charge in [0.2, 0.25) is 0 Å². The summed E-state index contributed by atoms with van der Waals surface area (Å²) >= 11 is 0. The summed E-state index contributed by atoms with van der Waals surface area (Å²) in [5.74, 6) is -0.893. The molecule has 0 aliphatic rings. The molecule has 3 rings (SSSR count). The number of hydrogen-bond acceptors (Lipinski definition) is 4. The molecule has 7 heteroatoms. The van der Waals surface area contributed by atoms with Gasteiger partial charge in [0.05, 0.1) is 12.6 Å². The fourth-order valence-corrected chi connectivity index (χ4v) is 2.95. The first-order chi connectivity index (χ1) is 12.7. The molecular formula is C20H22FN3O3. The summed E-state index contributed by atoms with van der Waals surface area (Å²) in [6.07, 6.45) is 0.796. The van der Waals surface area contributed by atoms with Gasteiger partial charge in [0.25, 0.3) is 5.91 Å². The van der Waals surface area contributed by atoms with Crippen LogP contribution in [-0.4, -0.2) is 33.2 Å². The van der Waals surface area contributed by atoms with Gasteiger partial charge in [0, 0.05) is 18.6 Å². The van der Waals surface area contributed by atoms with Crippen LogP contribution in [0.5, 0.6) is 5.75 Å². The quantitative estimate of drug-likeness (QED) is 0.723. The third-order valence-electron chi connectivity index (χ3n) is 4.56. The number of aliphatic hydroxyl groups is 1. The second-order valence-corrected chi connectivity index (χ2v) is 7.01. The lowest BCUT2D eigenvalue weighted by Crippen LogP contribution is -2.48. The number of aryl methyl sites for hydroxylation is 1. The van der Waals surface area contributed by atoms with E-state index >= 15 is 0 Å².